The Balaban J connectivity index is 1.55. The van der Waals surface area contributed by atoms with Crippen molar-refractivity contribution in [3.05, 3.63) is 30.9 Å². The molecule has 0 spiro atoms. The summed E-state index contributed by atoms with van der Waals surface area (Å²) < 4.78 is 9.84. The fourth-order valence-electron chi connectivity index (χ4n) is 3.65. The van der Waals surface area contributed by atoms with Crippen LogP contribution in [0, 0.1) is 17.8 Å². The monoisotopic (exact) mass is 378 g/mol. The molecule has 0 bridgehead atoms. The summed E-state index contributed by atoms with van der Waals surface area (Å²) in [5.74, 6) is 5.69. The molecule has 8 nitrogen and oxygen atoms in total. The highest BCUT2D eigenvalue weighted by Gasteiger charge is 2.24. The van der Waals surface area contributed by atoms with Gasteiger partial charge in [-0.1, -0.05) is 5.92 Å². The number of amides is 1. The largest absolute Gasteiger partial charge is 0.473 e. The number of primary amides is 1. The summed E-state index contributed by atoms with van der Waals surface area (Å²) >= 11 is 0. The molecule has 1 saturated carbocycles. The predicted molar refractivity (Wildman–Crippen MR) is 103 cm³/mol. The van der Waals surface area contributed by atoms with Crippen molar-refractivity contribution < 1.29 is 9.53 Å². The van der Waals surface area contributed by atoms with E-state index in [0.29, 0.717) is 18.2 Å². The number of nitrogens with two attached hydrogens (primary N) is 1. The predicted octanol–water partition coefficient (Wildman–Crippen LogP) is 1.95. The van der Waals surface area contributed by atoms with Crippen molar-refractivity contribution in [2.45, 2.75) is 38.2 Å². The first-order chi connectivity index (χ1) is 13.6. The third-order valence-electron chi connectivity index (χ3n) is 4.97. The van der Waals surface area contributed by atoms with E-state index in [9.17, 15) is 4.79 Å². The SMILES string of the molecule is Cn1cc(-c2cn3nccc3c(O[C@@H]3CCC[C@@H](CC#CC(N)=O)C3)n2)cn1. The normalized spacial score (nSPS) is 19.2. The Labute approximate surface area is 162 Å². The fourth-order valence-corrected chi connectivity index (χ4v) is 3.65. The molecule has 0 unspecified atom stereocenters. The van der Waals surface area contributed by atoms with Gasteiger partial charge in [-0.2, -0.15) is 10.2 Å². The van der Waals surface area contributed by atoms with Crippen LogP contribution in [0.25, 0.3) is 16.8 Å². The molecular formula is C20H22N6O2. The second-order valence-electron chi connectivity index (χ2n) is 7.14. The number of rotatable bonds is 4. The van der Waals surface area contributed by atoms with E-state index in [2.05, 4.69) is 22.0 Å². The molecule has 0 aliphatic heterocycles. The molecule has 1 aliphatic carbocycles. The zero-order chi connectivity index (χ0) is 19.5. The van der Waals surface area contributed by atoms with Gasteiger partial charge < -0.3 is 10.5 Å². The van der Waals surface area contributed by atoms with Crippen LogP contribution in [0.3, 0.4) is 0 Å². The Kier molecular flexibility index (Phi) is 4.98. The van der Waals surface area contributed by atoms with Crippen LogP contribution in [0.4, 0.5) is 0 Å². The molecular weight excluding hydrogens is 356 g/mol. The van der Waals surface area contributed by atoms with E-state index >= 15 is 0 Å². The maximum absolute atomic E-state index is 10.8. The second kappa shape index (κ2) is 7.72. The first kappa shape index (κ1) is 18.0. The van der Waals surface area contributed by atoms with E-state index in [-0.39, 0.29) is 6.10 Å². The minimum Gasteiger partial charge on any atom is -0.473 e. The van der Waals surface area contributed by atoms with Gasteiger partial charge in [-0.05, 0) is 43.6 Å². The van der Waals surface area contributed by atoms with E-state index in [4.69, 9.17) is 15.5 Å². The molecule has 3 heterocycles. The highest BCUT2D eigenvalue weighted by Crippen LogP contribution is 2.31. The quantitative estimate of drug-likeness (QED) is 0.700. The van der Waals surface area contributed by atoms with Gasteiger partial charge in [0, 0.05) is 25.2 Å². The molecule has 144 valence electrons. The van der Waals surface area contributed by atoms with Crippen molar-refractivity contribution in [1.82, 2.24) is 24.4 Å². The number of ether oxygens (including phenoxy) is 1. The standard InChI is InChI=1S/C20H22N6O2/c1-25-12-15(11-23-25)17-13-26-18(8-9-22-26)20(24-17)28-16-6-2-4-14(10-16)5-3-7-19(21)27/h8-9,11-14,16H,2,4-6,10H2,1H3,(H2,21,27)/t14-,16+/m0/s1. The van der Waals surface area contributed by atoms with Crippen molar-refractivity contribution >= 4 is 11.4 Å². The van der Waals surface area contributed by atoms with Gasteiger partial charge in [0.25, 0.3) is 5.91 Å². The minimum atomic E-state index is -0.580. The first-order valence-electron chi connectivity index (χ1n) is 9.37. The first-order valence-corrected chi connectivity index (χ1v) is 9.37. The maximum Gasteiger partial charge on any atom is 0.293 e. The number of aryl methyl sites for hydroxylation is 1. The lowest BCUT2D eigenvalue weighted by Crippen LogP contribution is -2.26. The maximum atomic E-state index is 10.8. The topological polar surface area (TPSA) is 100 Å². The fraction of sp³-hybridized carbons (Fsp3) is 0.400. The lowest BCUT2D eigenvalue weighted by atomic mass is 9.85. The van der Waals surface area contributed by atoms with E-state index < -0.39 is 5.91 Å². The van der Waals surface area contributed by atoms with Gasteiger partial charge >= 0.3 is 0 Å². The molecule has 1 fully saturated rings. The Morgan fingerprint density at radius 2 is 2.25 bits per heavy atom. The summed E-state index contributed by atoms with van der Waals surface area (Å²) in [4.78, 5) is 15.5. The van der Waals surface area contributed by atoms with Gasteiger partial charge in [0.1, 0.15) is 11.6 Å². The van der Waals surface area contributed by atoms with Crippen LogP contribution in [0.1, 0.15) is 32.1 Å². The third kappa shape index (κ3) is 3.98. The minimum absolute atomic E-state index is 0.0597. The zero-order valence-electron chi connectivity index (χ0n) is 15.7. The molecule has 8 heteroatoms. The van der Waals surface area contributed by atoms with Crippen LogP contribution in [-0.4, -0.2) is 36.4 Å². The molecule has 28 heavy (non-hydrogen) atoms. The van der Waals surface area contributed by atoms with E-state index in [1.807, 2.05) is 25.5 Å². The van der Waals surface area contributed by atoms with Crippen molar-refractivity contribution in [1.29, 1.82) is 0 Å². The zero-order valence-corrected chi connectivity index (χ0v) is 15.7. The molecule has 0 saturated heterocycles. The van der Waals surface area contributed by atoms with Crippen LogP contribution in [0.2, 0.25) is 0 Å². The van der Waals surface area contributed by atoms with Crippen LogP contribution in [0.15, 0.2) is 30.9 Å². The van der Waals surface area contributed by atoms with Gasteiger partial charge in [-0.25, -0.2) is 9.50 Å². The molecule has 4 rings (SSSR count). The molecule has 1 amide bonds. The van der Waals surface area contributed by atoms with Gasteiger partial charge in [0.05, 0.1) is 24.3 Å². The Bertz CT molecular complexity index is 1060. The Hall–Kier alpha value is -3.34. The molecule has 0 radical (unpaired) electrons. The summed E-state index contributed by atoms with van der Waals surface area (Å²) in [7, 11) is 1.87. The van der Waals surface area contributed by atoms with Crippen molar-refractivity contribution in [3.8, 4) is 29.0 Å². The number of nitrogens with zero attached hydrogens (tertiary/aromatic N) is 5. The van der Waals surface area contributed by atoms with Crippen LogP contribution in [0.5, 0.6) is 5.88 Å². The number of hydrogen-bond acceptors (Lipinski definition) is 5. The lowest BCUT2D eigenvalue weighted by molar-refractivity contribution is -0.112. The van der Waals surface area contributed by atoms with E-state index in [0.717, 1.165) is 42.5 Å². The second-order valence-corrected chi connectivity index (χ2v) is 7.14. The molecule has 0 aromatic carbocycles. The summed E-state index contributed by atoms with van der Waals surface area (Å²) in [5, 5.41) is 8.56. The van der Waals surface area contributed by atoms with Crippen molar-refractivity contribution in [3.63, 3.8) is 0 Å². The van der Waals surface area contributed by atoms with Crippen LogP contribution in [-0.2, 0) is 11.8 Å². The summed E-state index contributed by atoms with van der Waals surface area (Å²) in [6.07, 6.45) is 12.0. The number of aromatic nitrogens is 5. The smallest absolute Gasteiger partial charge is 0.293 e. The van der Waals surface area contributed by atoms with Crippen molar-refractivity contribution in [2.24, 2.45) is 18.7 Å². The Morgan fingerprint density at radius 1 is 1.36 bits per heavy atom. The molecule has 3 aromatic rings. The highest BCUT2D eigenvalue weighted by atomic mass is 16.5. The molecule has 3 aromatic heterocycles. The number of carbonyl (C=O) groups is 1. The molecule has 2 atom stereocenters. The average Bonchev–Trinajstić information content (AvgIpc) is 3.30. The number of hydrogen-bond donors (Lipinski definition) is 1. The van der Waals surface area contributed by atoms with Crippen LogP contribution >= 0.6 is 0 Å². The van der Waals surface area contributed by atoms with Crippen LogP contribution < -0.4 is 10.5 Å². The van der Waals surface area contributed by atoms with Gasteiger partial charge in [0.2, 0.25) is 5.88 Å². The lowest BCUT2D eigenvalue weighted by Gasteiger charge is -2.28. The van der Waals surface area contributed by atoms with Gasteiger partial charge in [-0.3, -0.25) is 9.48 Å². The van der Waals surface area contributed by atoms with Crippen molar-refractivity contribution in [2.75, 3.05) is 0 Å². The van der Waals surface area contributed by atoms with Gasteiger partial charge in [0.15, 0.2) is 0 Å². The number of fused-ring (bicyclic) bond motifs is 1. The summed E-state index contributed by atoms with van der Waals surface area (Å²) in [5.41, 5.74) is 7.59. The highest BCUT2D eigenvalue weighted by molar-refractivity contribution is 5.91. The Morgan fingerprint density at radius 3 is 3.04 bits per heavy atom. The van der Waals surface area contributed by atoms with E-state index in [1.165, 1.54) is 0 Å². The average molecular weight is 378 g/mol. The summed E-state index contributed by atoms with van der Waals surface area (Å²) in [6.45, 7) is 0. The molecule has 1 aliphatic rings. The number of carbonyl (C=O) groups excluding carboxylic acids is 1. The van der Waals surface area contributed by atoms with E-state index in [1.54, 1.807) is 21.6 Å². The molecule has 2 N–H and O–H groups in total. The third-order valence-corrected chi connectivity index (χ3v) is 4.97. The van der Waals surface area contributed by atoms with Gasteiger partial charge in [-0.15, -0.1) is 0 Å². The summed E-state index contributed by atoms with van der Waals surface area (Å²) in [6, 6.07) is 1.90.